The largest absolute Gasteiger partial charge is 0.380 e. The van der Waals surface area contributed by atoms with Gasteiger partial charge in [0, 0.05) is 5.02 Å². The summed E-state index contributed by atoms with van der Waals surface area (Å²) < 4.78 is 5.38. The summed E-state index contributed by atoms with van der Waals surface area (Å²) in [6.07, 6.45) is 0. The normalized spacial score (nSPS) is 10.9. The van der Waals surface area contributed by atoms with E-state index in [9.17, 15) is 0 Å². The Hall–Kier alpha value is -1.49. The van der Waals surface area contributed by atoms with Gasteiger partial charge in [-0.25, -0.2) is 0 Å². The second-order valence-electron chi connectivity index (χ2n) is 4.34. The molecule has 2 aromatic heterocycles. The van der Waals surface area contributed by atoms with E-state index in [4.69, 9.17) is 33.5 Å². The van der Waals surface area contributed by atoms with Crippen LogP contribution in [0.4, 0.5) is 5.82 Å². The molecule has 0 radical (unpaired) electrons. The van der Waals surface area contributed by atoms with E-state index in [0.717, 1.165) is 21.6 Å². The van der Waals surface area contributed by atoms with Gasteiger partial charge in [-0.3, -0.25) is 0 Å². The summed E-state index contributed by atoms with van der Waals surface area (Å²) >= 11 is 13.8. The van der Waals surface area contributed by atoms with Crippen LogP contribution in [-0.2, 0) is 0 Å². The average Bonchev–Trinajstić information content (AvgIpc) is 2.94. The minimum atomic E-state index is 0.324. The van der Waals surface area contributed by atoms with Gasteiger partial charge in [0.2, 0.25) is 0 Å². The Labute approximate surface area is 129 Å². The number of hydrogen-bond donors (Lipinski definition) is 1. The molecule has 2 heterocycles. The highest BCUT2D eigenvalue weighted by atomic mass is 35.5. The summed E-state index contributed by atoms with van der Waals surface area (Å²) in [7, 11) is 0. The third-order valence-corrected chi connectivity index (χ3v) is 4.87. The summed E-state index contributed by atoms with van der Waals surface area (Å²) in [5, 5.41) is 7.12. The molecule has 3 aromatic rings. The van der Waals surface area contributed by atoms with Crippen molar-refractivity contribution in [1.29, 1.82) is 0 Å². The van der Waals surface area contributed by atoms with Gasteiger partial charge in [0.25, 0.3) is 0 Å². The number of halogens is 2. The monoisotopic (exact) mass is 324 g/mol. The van der Waals surface area contributed by atoms with Gasteiger partial charge in [0.1, 0.15) is 0 Å². The molecule has 102 valence electrons. The first-order chi connectivity index (χ1) is 9.58. The standard InChI is InChI=1S/C14H10Cl2N2OS/c1-7-6-20-13(11(7)16)12-10(14(17)18-19-12)8-3-2-4-9(15)5-8/h2-6H,1H3,(H2,17,18). The lowest BCUT2D eigenvalue weighted by molar-refractivity contribution is 0.437. The molecule has 0 saturated heterocycles. The number of nitrogens with two attached hydrogens (primary N) is 1. The molecule has 0 saturated carbocycles. The van der Waals surface area contributed by atoms with Crippen molar-refractivity contribution in [3.63, 3.8) is 0 Å². The third kappa shape index (κ3) is 2.20. The summed E-state index contributed by atoms with van der Waals surface area (Å²) in [4.78, 5) is 0.823. The fourth-order valence-electron chi connectivity index (χ4n) is 1.96. The highest BCUT2D eigenvalue weighted by Crippen LogP contribution is 2.43. The van der Waals surface area contributed by atoms with E-state index in [0.29, 0.717) is 21.6 Å². The van der Waals surface area contributed by atoms with Crippen LogP contribution < -0.4 is 5.73 Å². The van der Waals surface area contributed by atoms with Crippen LogP contribution in [0, 0.1) is 6.92 Å². The smallest absolute Gasteiger partial charge is 0.188 e. The molecular weight excluding hydrogens is 315 g/mol. The van der Waals surface area contributed by atoms with Gasteiger partial charge in [-0.05, 0) is 35.6 Å². The number of anilines is 1. The fraction of sp³-hybridized carbons (Fsp3) is 0.0714. The molecule has 1 aromatic carbocycles. The van der Waals surface area contributed by atoms with E-state index in [1.165, 1.54) is 11.3 Å². The minimum Gasteiger partial charge on any atom is -0.380 e. The maximum atomic E-state index is 6.30. The molecule has 0 amide bonds. The topological polar surface area (TPSA) is 52.0 Å². The SMILES string of the molecule is Cc1csc(-c2onc(N)c2-c2cccc(Cl)c2)c1Cl. The molecule has 0 aliphatic rings. The Balaban J connectivity index is 2.22. The van der Waals surface area contributed by atoms with Gasteiger partial charge in [0.05, 0.1) is 15.5 Å². The predicted octanol–water partition coefficient (Wildman–Crippen LogP) is 5.27. The Morgan fingerprint density at radius 3 is 2.75 bits per heavy atom. The Kier molecular flexibility index (Phi) is 3.46. The van der Waals surface area contributed by atoms with Crippen LogP contribution in [0.1, 0.15) is 5.56 Å². The van der Waals surface area contributed by atoms with E-state index in [1.807, 2.05) is 30.5 Å². The molecule has 0 aliphatic carbocycles. The highest BCUT2D eigenvalue weighted by Gasteiger charge is 2.22. The van der Waals surface area contributed by atoms with Crippen LogP contribution >= 0.6 is 34.5 Å². The van der Waals surface area contributed by atoms with E-state index in [-0.39, 0.29) is 0 Å². The van der Waals surface area contributed by atoms with E-state index in [2.05, 4.69) is 5.16 Å². The number of benzene rings is 1. The zero-order valence-electron chi connectivity index (χ0n) is 10.5. The third-order valence-electron chi connectivity index (χ3n) is 2.94. The van der Waals surface area contributed by atoms with Gasteiger partial charge in [-0.2, -0.15) is 0 Å². The lowest BCUT2D eigenvalue weighted by Crippen LogP contribution is -1.88. The molecular formula is C14H10Cl2N2OS. The van der Waals surface area contributed by atoms with Crippen molar-refractivity contribution >= 4 is 40.4 Å². The van der Waals surface area contributed by atoms with Crippen LogP contribution in [-0.4, -0.2) is 5.16 Å². The predicted molar refractivity (Wildman–Crippen MR) is 84.4 cm³/mol. The molecule has 0 atom stereocenters. The number of nitrogens with zero attached hydrogens (tertiary/aromatic N) is 1. The summed E-state index contributed by atoms with van der Waals surface area (Å²) in [6.45, 7) is 1.95. The number of rotatable bonds is 2. The molecule has 20 heavy (non-hydrogen) atoms. The molecule has 3 nitrogen and oxygen atoms in total. The maximum Gasteiger partial charge on any atom is 0.188 e. The molecule has 0 fully saturated rings. The number of thiophene rings is 1. The first kappa shape index (κ1) is 13.5. The second-order valence-corrected chi connectivity index (χ2v) is 6.04. The maximum absolute atomic E-state index is 6.30. The first-order valence-corrected chi connectivity index (χ1v) is 7.46. The zero-order valence-corrected chi connectivity index (χ0v) is 12.8. The van der Waals surface area contributed by atoms with Crippen LogP contribution in [0.15, 0.2) is 34.2 Å². The second kappa shape index (κ2) is 5.13. The highest BCUT2D eigenvalue weighted by molar-refractivity contribution is 7.14. The molecule has 6 heteroatoms. The molecule has 0 bridgehead atoms. The van der Waals surface area contributed by atoms with Crippen molar-refractivity contribution in [3.05, 3.63) is 45.3 Å². The number of aryl methyl sites for hydroxylation is 1. The minimum absolute atomic E-state index is 0.324. The Morgan fingerprint density at radius 2 is 2.10 bits per heavy atom. The van der Waals surface area contributed by atoms with Crippen molar-refractivity contribution in [1.82, 2.24) is 5.16 Å². The van der Waals surface area contributed by atoms with E-state index < -0.39 is 0 Å². The average molecular weight is 325 g/mol. The summed E-state index contributed by atoms with van der Waals surface area (Å²) in [5.41, 5.74) is 8.50. The van der Waals surface area contributed by atoms with Crippen molar-refractivity contribution in [2.75, 3.05) is 5.73 Å². The number of nitrogen functional groups attached to an aromatic ring is 1. The van der Waals surface area contributed by atoms with Crippen LogP contribution in [0.5, 0.6) is 0 Å². The van der Waals surface area contributed by atoms with E-state index >= 15 is 0 Å². The van der Waals surface area contributed by atoms with E-state index in [1.54, 1.807) is 6.07 Å². The van der Waals surface area contributed by atoms with Gasteiger partial charge >= 0.3 is 0 Å². The van der Waals surface area contributed by atoms with Crippen molar-refractivity contribution in [2.24, 2.45) is 0 Å². The number of hydrogen-bond acceptors (Lipinski definition) is 4. The molecule has 0 spiro atoms. The van der Waals surface area contributed by atoms with Gasteiger partial charge in [0.15, 0.2) is 11.6 Å². The van der Waals surface area contributed by atoms with Crippen LogP contribution in [0.25, 0.3) is 21.8 Å². The Morgan fingerprint density at radius 1 is 1.30 bits per heavy atom. The Bertz CT molecular complexity index is 779. The van der Waals surface area contributed by atoms with Crippen molar-refractivity contribution in [3.8, 4) is 21.8 Å². The van der Waals surface area contributed by atoms with Crippen molar-refractivity contribution < 1.29 is 4.52 Å². The first-order valence-electron chi connectivity index (χ1n) is 5.83. The van der Waals surface area contributed by atoms with Crippen molar-refractivity contribution in [2.45, 2.75) is 6.92 Å². The summed E-state index contributed by atoms with van der Waals surface area (Å²) in [6, 6.07) is 7.39. The fourth-order valence-corrected chi connectivity index (χ4v) is 3.42. The lowest BCUT2D eigenvalue weighted by atomic mass is 10.0. The molecule has 0 unspecified atom stereocenters. The zero-order chi connectivity index (χ0) is 14.3. The van der Waals surface area contributed by atoms with Gasteiger partial charge in [-0.1, -0.05) is 40.5 Å². The van der Waals surface area contributed by atoms with Crippen LogP contribution in [0.3, 0.4) is 0 Å². The summed E-state index contributed by atoms with van der Waals surface area (Å²) in [5.74, 6) is 0.900. The van der Waals surface area contributed by atoms with Crippen LogP contribution in [0.2, 0.25) is 10.0 Å². The quantitative estimate of drug-likeness (QED) is 0.698. The van der Waals surface area contributed by atoms with Gasteiger partial charge in [-0.15, -0.1) is 11.3 Å². The van der Waals surface area contributed by atoms with Gasteiger partial charge < -0.3 is 10.3 Å². The molecule has 0 aliphatic heterocycles. The molecule has 3 rings (SSSR count). The number of aromatic nitrogens is 1. The molecule has 2 N–H and O–H groups in total. The lowest BCUT2D eigenvalue weighted by Gasteiger charge is -2.02.